The van der Waals surface area contributed by atoms with Crippen molar-refractivity contribution in [1.82, 2.24) is 9.97 Å². The molecule has 0 aliphatic heterocycles. The van der Waals surface area contributed by atoms with Crippen LogP contribution in [0.1, 0.15) is 12.7 Å². The Morgan fingerprint density at radius 3 is 2.81 bits per heavy atom. The highest BCUT2D eigenvalue weighted by Crippen LogP contribution is 2.32. The number of nitrogens with zero attached hydrogens (tertiary/aromatic N) is 2. The smallest absolute Gasteiger partial charge is 0.131 e. The Hall–Kier alpha value is -1.13. The highest BCUT2D eigenvalue weighted by molar-refractivity contribution is 7.14. The topological polar surface area (TPSA) is 37.8 Å². The average Bonchev–Trinajstić information content (AvgIpc) is 2.74. The van der Waals surface area contributed by atoms with Crippen LogP contribution in [0.25, 0.3) is 10.6 Å². The molecule has 0 fully saturated rings. The van der Waals surface area contributed by atoms with Gasteiger partial charge in [0, 0.05) is 19.5 Å². The number of hydrogen-bond donors (Lipinski definition) is 1. The lowest BCUT2D eigenvalue weighted by molar-refractivity contribution is 0.946. The molecule has 0 aromatic carbocycles. The number of anilines is 1. The Morgan fingerprint density at radius 2 is 2.25 bits per heavy atom. The minimum atomic E-state index is 0.743. The van der Waals surface area contributed by atoms with Crippen molar-refractivity contribution in [2.45, 2.75) is 13.3 Å². The van der Waals surface area contributed by atoms with Gasteiger partial charge in [-0.2, -0.15) is 0 Å². The number of thiophene rings is 1. The van der Waals surface area contributed by atoms with E-state index in [9.17, 15) is 0 Å². The second-order valence-electron chi connectivity index (χ2n) is 3.26. The van der Waals surface area contributed by atoms with Crippen LogP contribution in [0, 0.1) is 0 Å². The summed E-state index contributed by atoms with van der Waals surface area (Å²) in [7, 11) is 1.85. The van der Waals surface area contributed by atoms with Gasteiger partial charge in [0.1, 0.15) is 11.6 Å². The number of rotatable bonds is 3. The van der Waals surface area contributed by atoms with Crippen LogP contribution in [0.2, 0.25) is 5.02 Å². The molecule has 0 atom stereocenters. The van der Waals surface area contributed by atoms with Crippen LogP contribution in [0.15, 0.2) is 17.5 Å². The standard InChI is InChI=1S/C11H12ClN3S/c1-3-9-14-8(6-10(13-2)15-9)11-7(12)4-5-16-11/h4-6H,3H2,1-2H3,(H,13,14,15). The first-order valence-electron chi connectivity index (χ1n) is 5.03. The van der Waals surface area contributed by atoms with E-state index in [-0.39, 0.29) is 0 Å². The molecule has 16 heavy (non-hydrogen) atoms. The van der Waals surface area contributed by atoms with Gasteiger partial charge >= 0.3 is 0 Å². The molecule has 0 bridgehead atoms. The maximum Gasteiger partial charge on any atom is 0.131 e. The zero-order valence-electron chi connectivity index (χ0n) is 9.12. The lowest BCUT2D eigenvalue weighted by Gasteiger charge is -2.05. The first kappa shape index (κ1) is 11.4. The van der Waals surface area contributed by atoms with E-state index in [0.717, 1.165) is 33.7 Å². The monoisotopic (exact) mass is 253 g/mol. The van der Waals surface area contributed by atoms with Gasteiger partial charge in [-0.05, 0) is 11.4 Å². The number of hydrogen-bond acceptors (Lipinski definition) is 4. The van der Waals surface area contributed by atoms with E-state index in [2.05, 4.69) is 15.3 Å². The predicted molar refractivity (Wildman–Crippen MR) is 69.3 cm³/mol. The third kappa shape index (κ3) is 2.18. The summed E-state index contributed by atoms with van der Waals surface area (Å²) in [6, 6.07) is 3.80. The first-order valence-corrected chi connectivity index (χ1v) is 6.29. The molecular weight excluding hydrogens is 242 g/mol. The molecular formula is C11H12ClN3S. The van der Waals surface area contributed by atoms with Gasteiger partial charge in [-0.15, -0.1) is 11.3 Å². The molecule has 1 N–H and O–H groups in total. The fourth-order valence-corrected chi connectivity index (χ4v) is 2.49. The van der Waals surface area contributed by atoms with Crippen molar-refractivity contribution in [2.24, 2.45) is 0 Å². The van der Waals surface area contributed by atoms with Crippen LogP contribution in [-0.4, -0.2) is 17.0 Å². The Labute approximate surface area is 104 Å². The number of nitrogens with one attached hydrogen (secondary N) is 1. The van der Waals surface area contributed by atoms with Gasteiger partial charge < -0.3 is 5.32 Å². The first-order chi connectivity index (χ1) is 7.74. The Bertz CT molecular complexity index is 473. The molecule has 0 amide bonds. The van der Waals surface area contributed by atoms with Gasteiger partial charge in [0.2, 0.25) is 0 Å². The summed E-state index contributed by atoms with van der Waals surface area (Å²) in [5, 5.41) is 5.74. The van der Waals surface area contributed by atoms with Crippen molar-refractivity contribution in [3.63, 3.8) is 0 Å². The zero-order chi connectivity index (χ0) is 11.5. The third-order valence-corrected chi connectivity index (χ3v) is 3.56. The maximum absolute atomic E-state index is 6.09. The van der Waals surface area contributed by atoms with Gasteiger partial charge in [0.05, 0.1) is 15.6 Å². The van der Waals surface area contributed by atoms with E-state index in [4.69, 9.17) is 11.6 Å². The predicted octanol–water partition coefficient (Wildman–Crippen LogP) is 3.46. The van der Waals surface area contributed by atoms with Crippen molar-refractivity contribution in [3.05, 3.63) is 28.4 Å². The Balaban J connectivity index is 2.52. The van der Waals surface area contributed by atoms with E-state index in [1.54, 1.807) is 11.3 Å². The quantitative estimate of drug-likeness (QED) is 0.910. The molecule has 0 aliphatic rings. The zero-order valence-corrected chi connectivity index (χ0v) is 10.7. The van der Waals surface area contributed by atoms with Crippen LogP contribution in [0.3, 0.4) is 0 Å². The van der Waals surface area contributed by atoms with Crippen molar-refractivity contribution in [3.8, 4) is 10.6 Å². The number of halogens is 1. The minimum absolute atomic E-state index is 0.743. The molecule has 84 valence electrons. The van der Waals surface area contributed by atoms with Crippen molar-refractivity contribution in [2.75, 3.05) is 12.4 Å². The third-order valence-electron chi connectivity index (χ3n) is 2.19. The van der Waals surface area contributed by atoms with E-state index in [1.807, 2.05) is 31.5 Å². The molecule has 0 unspecified atom stereocenters. The normalized spacial score (nSPS) is 10.4. The molecule has 0 saturated heterocycles. The second kappa shape index (κ2) is 4.80. The number of aryl methyl sites for hydroxylation is 1. The lowest BCUT2D eigenvalue weighted by Crippen LogP contribution is -2.00. The number of aromatic nitrogens is 2. The average molecular weight is 254 g/mol. The summed E-state index contributed by atoms with van der Waals surface area (Å²) >= 11 is 7.69. The molecule has 2 aromatic heterocycles. The van der Waals surface area contributed by atoms with E-state index in [1.165, 1.54) is 0 Å². The highest BCUT2D eigenvalue weighted by Gasteiger charge is 2.09. The Morgan fingerprint density at radius 1 is 1.44 bits per heavy atom. The molecule has 2 heterocycles. The molecule has 2 aromatic rings. The summed E-state index contributed by atoms with van der Waals surface area (Å²) in [4.78, 5) is 9.82. The molecule has 0 aliphatic carbocycles. The van der Waals surface area contributed by atoms with Gasteiger partial charge in [-0.1, -0.05) is 18.5 Å². The fourth-order valence-electron chi connectivity index (χ4n) is 1.38. The van der Waals surface area contributed by atoms with Crippen molar-refractivity contribution in [1.29, 1.82) is 0 Å². The summed E-state index contributed by atoms with van der Waals surface area (Å²) in [6.45, 7) is 2.04. The maximum atomic E-state index is 6.09. The highest BCUT2D eigenvalue weighted by atomic mass is 35.5. The largest absolute Gasteiger partial charge is 0.373 e. The summed E-state index contributed by atoms with van der Waals surface area (Å²) in [5.74, 6) is 1.65. The summed E-state index contributed by atoms with van der Waals surface area (Å²) < 4.78 is 0. The second-order valence-corrected chi connectivity index (χ2v) is 4.58. The molecule has 0 radical (unpaired) electrons. The van der Waals surface area contributed by atoms with Gasteiger partial charge in [-0.25, -0.2) is 9.97 Å². The van der Waals surface area contributed by atoms with Gasteiger partial charge in [0.15, 0.2) is 0 Å². The molecule has 0 saturated carbocycles. The molecule has 5 heteroatoms. The SMILES string of the molecule is CCc1nc(NC)cc(-c2sccc2Cl)n1. The van der Waals surface area contributed by atoms with Gasteiger partial charge in [0.25, 0.3) is 0 Å². The minimum Gasteiger partial charge on any atom is -0.373 e. The molecule has 2 rings (SSSR count). The van der Waals surface area contributed by atoms with Crippen LogP contribution >= 0.6 is 22.9 Å². The van der Waals surface area contributed by atoms with E-state index >= 15 is 0 Å². The van der Waals surface area contributed by atoms with Crippen LogP contribution in [-0.2, 0) is 6.42 Å². The van der Waals surface area contributed by atoms with E-state index in [0.29, 0.717) is 0 Å². The summed E-state index contributed by atoms with van der Waals surface area (Å²) in [6.07, 6.45) is 0.811. The Kier molecular flexibility index (Phi) is 3.41. The lowest BCUT2D eigenvalue weighted by atomic mass is 10.3. The molecule has 3 nitrogen and oxygen atoms in total. The van der Waals surface area contributed by atoms with Crippen LogP contribution < -0.4 is 5.32 Å². The van der Waals surface area contributed by atoms with Crippen molar-refractivity contribution < 1.29 is 0 Å². The van der Waals surface area contributed by atoms with Crippen LogP contribution in [0.5, 0.6) is 0 Å². The summed E-state index contributed by atoms with van der Waals surface area (Å²) in [5.41, 5.74) is 0.885. The van der Waals surface area contributed by atoms with Crippen molar-refractivity contribution >= 4 is 28.8 Å². The van der Waals surface area contributed by atoms with Crippen LogP contribution in [0.4, 0.5) is 5.82 Å². The van der Waals surface area contributed by atoms with Gasteiger partial charge in [-0.3, -0.25) is 0 Å². The van der Waals surface area contributed by atoms with E-state index < -0.39 is 0 Å². The molecule has 0 spiro atoms. The fraction of sp³-hybridized carbons (Fsp3) is 0.273.